The molecule has 3 N–H and O–H groups in total. The van der Waals surface area contributed by atoms with Crippen LogP contribution in [-0.2, 0) is 4.79 Å². The maximum absolute atomic E-state index is 13.0. The summed E-state index contributed by atoms with van der Waals surface area (Å²) in [5.74, 6) is -1.78. The molecule has 0 fully saturated rings. The average Bonchev–Trinajstić information content (AvgIpc) is 2.74. The van der Waals surface area contributed by atoms with Crippen molar-refractivity contribution >= 4 is 32.9 Å². The van der Waals surface area contributed by atoms with Gasteiger partial charge in [0.15, 0.2) is 16.9 Å². The molecule has 0 saturated carbocycles. The van der Waals surface area contributed by atoms with E-state index in [9.17, 15) is 24.9 Å². The second-order valence-corrected chi connectivity index (χ2v) is 8.30. The molecule has 0 unspecified atom stereocenters. The normalized spacial score (nSPS) is 15.4. The Morgan fingerprint density at radius 1 is 0.906 bits per heavy atom. The molecule has 160 valence electrons. The lowest BCUT2D eigenvalue weighted by atomic mass is 9.85. The second-order valence-electron chi connectivity index (χ2n) is 7.44. The summed E-state index contributed by atoms with van der Waals surface area (Å²) in [6.45, 7) is 0. The molecule has 8 heteroatoms. The molecule has 1 aliphatic heterocycles. The molecular formula is C24H15BrO7. The SMILES string of the molecule is O=C1C[C@@H](c2ccccc2Br)c2c(cc(O)c3c(=O)cc(-c4ccc(O)c(O)c4)oc23)O1. The molecule has 0 spiro atoms. The molecule has 0 saturated heterocycles. The third-order valence-corrected chi connectivity index (χ3v) is 6.19. The van der Waals surface area contributed by atoms with Crippen LogP contribution in [-0.4, -0.2) is 21.3 Å². The van der Waals surface area contributed by atoms with Gasteiger partial charge in [-0.2, -0.15) is 0 Å². The van der Waals surface area contributed by atoms with Gasteiger partial charge in [-0.3, -0.25) is 9.59 Å². The van der Waals surface area contributed by atoms with Gasteiger partial charge in [0.05, 0.1) is 6.42 Å². The molecule has 1 aliphatic rings. The maximum atomic E-state index is 13.0. The average molecular weight is 495 g/mol. The molecule has 1 atom stereocenters. The first kappa shape index (κ1) is 20.1. The molecule has 0 amide bonds. The van der Waals surface area contributed by atoms with E-state index in [0.717, 1.165) is 10.0 Å². The fourth-order valence-corrected chi connectivity index (χ4v) is 4.56. The van der Waals surface area contributed by atoms with Gasteiger partial charge in [0.2, 0.25) is 0 Å². The molecular weight excluding hydrogens is 480 g/mol. The van der Waals surface area contributed by atoms with Crippen LogP contribution in [0, 0.1) is 0 Å². The summed E-state index contributed by atoms with van der Waals surface area (Å²) in [7, 11) is 0. The number of ether oxygens (including phenoxy) is 1. The van der Waals surface area contributed by atoms with E-state index in [1.165, 1.54) is 30.3 Å². The number of hydrogen-bond donors (Lipinski definition) is 3. The minimum atomic E-state index is -0.503. The molecule has 0 radical (unpaired) electrons. The van der Waals surface area contributed by atoms with Crippen molar-refractivity contribution in [2.75, 3.05) is 0 Å². The minimum absolute atomic E-state index is 0.0173. The Morgan fingerprint density at radius 2 is 1.69 bits per heavy atom. The summed E-state index contributed by atoms with van der Waals surface area (Å²) >= 11 is 3.52. The third kappa shape index (κ3) is 3.20. The molecule has 3 aromatic carbocycles. The van der Waals surface area contributed by atoms with Gasteiger partial charge in [-0.05, 0) is 29.8 Å². The van der Waals surface area contributed by atoms with E-state index in [0.29, 0.717) is 11.1 Å². The van der Waals surface area contributed by atoms with Crippen molar-refractivity contribution in [2.45, 2.75) is 12.3 Å². The van der Waals surface area contributed by atoms with Crippen LogP contribution in [0.5, 0.6) is 23.0 Å². The van der Waals surface area contributed by atoms with Crippen LogP contribution in [0.4, 0.5) is 0 Å². The Hall–Kier alpha value is -3.78. The fraction of sp³-hybridized carbons (Fsp3) is 0.0833. The number of rotatable bonds is 2. The van der Waals surface area contributed by atoms with E-state index < -0.39 is 17.3 Å². The highest BCUT2D eigenvalue weighted by molar-refractivity contribution is 9.10. The zero-order chi connectivity index (χ0) is 22.6. The van der Waals surface area contributed by atoms with E-state index in [4.69, 9.17) is 9.15 Å². The zero-order valence-electron chi connectivity index (χ0n) is 16.3. The number of halogens is 1. The van der Waals surface area contributed by atoms with E-state index in [2.05, 4.69) is 15.9 Å². The molecule has 0 bridgehead atoms. The van der Waals surface area contributed by atoms with E-state index >= 15 is 0 Å². The van der Waals surface area contributed by atoms with Crippen LogP contribution >= 0.6 is 15.9 Å². The van der Waals surface area contributed by atoms with Crippen LogP contribution < -0.4 is 10.2 Å². The highest BCUT2D eigenvalue weighted by Crippen LogP contribution is 2.47. The molecule has 1 aromatic heterocycles. The van der Waals surface area contributed by atoms with Crippen molar-refractivity contribution in [3.63, 3.8) is 0 Å². The quantitative estimate of drug-likeness (QED) is 0.208. The Kier molecular flexibility index (Phi) is 4.67. The molecule has 4 aromatic rings. The summed E-state index contributed by atoms with van der Waals surface area (Å²) in [5.41, 5.74) is 1.20. The van der Waals surface area contributed by atoms with Gasteiger partial charge in [-0.25, -0.2) is 0 Å². The first-order chi connectivity index (χ1) is 15.3. The Bertz CT molecular complexity index is 1470. The number of esters is 1. The van der Waals surface area contributed by atoms with Crippen LogP contribution in [0.1, 0.15) is 23.5 Å². The number of phenols is 3. The Morgan fingerprint density at radius 3 is 2.44 bits per heavy atom. The number of aromatic hydroxyl groups is 3. The largest absolute Gasteiger partial charge is 0.507 e. The van der Waals surface area contributed by atoms with Crippen LogP contribution in [0.3, 0.4) is 0 Å². The number of carbonyl (C=O) groups excluding carboxylic acids is 1. The number of benzene rings is 3. The standard InChI is InChI=1S/C24H15BrO7/c25-14-4-2-1-3-12(14)13-8-21(30)31-20-10-18(29)23-17(28)9-19(32-24(23)22(13)20)11-5-6-15(26)16(27)7-11/h1-7,9-10,13,26-27,29H,8H2/t13-/m0/s1. The molecule has 2 heterocycles. The summed E-state index contributed by atoms with van der Waals surface area (Å²) < 4.78 is 12.2. The van der Waals surface area contributed by atoms with Crippen LogP contribution in [0.15, 0.2) is 68.3 Å². The van der Waals surface area contributed by atoms with Gasteiger partial charge in [-0.15, -0.1) is 0 Å². The number of hydrogen-bond acceptors (Lipinski definition) is 7. The second kappa shape index (κ2) is 7.42. The summed E-state index contributed by atoms with van der Waals surface area (Å²) in [6, 6.07) is 13.9. The highest BCUT2D eigenvalue weighted by Gasteiger charge is 2.34. The van der Waals surface area contributed by atoms with Gasteiger partial charge < -0.3 is 24.5 Å². The van der Waals surface area contributed by atoms with Crippen LogP contribution in [0.25, 0.3) is 22.3 Å². The van der Waals surface area contributed by atoms with Crippen molar-refractivity contribution in [1.82, 2.24) is 0 Å². The summed E-state index contributed by atoms with van der Waals surface area (Å²) in [5, 5.41) is 29.9. The third-order valence-electron chi connectivity index (χ3n) is 5.47. The Balaban J connectivity index is 1.84. The number of carbonyl (C=O) groups is 1. The number of phenolic OH excluding ortho intramolecular Hbond substituents is 3. The van der Waals surface area contributed by atoms with Gasteiger partial charge in [0, 0.05) is 33.7 Å². The summed E-state index contributed by atoms with van der Waals surface area (Å²) in [4.78, 5) is 25.3. The molecule has 7 nitrogen and oxygen atoms in total. The van der Waals surface area contributed by atoms with E-state index in [-0.39, 0.29) is 46.1 Å². The zero-order valence-corrected chi connectivity index (χ0v) is 17.9. The lowest BCUT2D eigenvalue weighted by Gasteiger charge is -2.26. The Labute approximate surface area is 189 Å². The van der Waals surface area contributed by atoms with Gasteiger partial charge in [0.25, 0.3) is 0 Å². The topological polar surface area (TPSA) is 117 Å². The monoisotopic (exact) mass is 494 g/mol. The van der Waals surface area contributed by atoms with Crippen molar-refractivity contribution in [3.8, 4) is 34.3 Å². The predicted molar refractivity (Wildman–Crippen MR) is 119 cm³/mol. The van der Waals surface area contributed by atoms with Gasteiger partial charge in [0.1, 0.15) is 28.2 Å². The van der Waals surface area contributed by atoms with Crippen molar-refractivity contribution in [1.29, 1.82) is 0 Å². The molecule has 5 rings (SSSR count). The smallest absolute Gasteiger partial charge is 0.312 e. The van der Waals surface area contributed by atoms with Gasteiger partial charge >= 0.3 is 5.97 Å². The van der Waals surface area contributed by atoms with Crippen molar-refractivity contribution < 1.29 is 29.3 Å². The predicted octanol–water partition coefficient (Wildman–Crippen LogP) is 4.78. The maximum Gasteiger partial charge on any atom is 0.312 e. The first-order valence-electron chi connectivity index (χ1n) is 9.64. The lowest BCUT2D eigenvalue weighted by Crippen LogP contribution is -2.22. The van der Waals surface area contributed by atoms with Crippen molar-refractivity contribution in [3.05, 3.63) is 80.4 Å². The summed E-state index contributed by atoms with van der Waals surface area (Å²) in [6.07, 6.45) is 0.0173. The van der Waals surface area contributed by atoms with Crippen LogP contribution in [0.2, 0.25) is 0 Å². The van der Waals surface area contributed by atoms with E-state index in [1.807, 2.05) is 24.3 Å². The first-order valence-corrected chi connectivity index (χ1v) is 10.4. The minimum Gasteiger partial charge on any atom is -0.507 e. The molecule has 0 aliphatic carbocycles. The lowest BCUT2D eigenvalue weighted by molar-refractivity contribution is -0.135. The van der Waals surface area contributed by atoms with Crippen molar-refractivity contribution in [2.24, 2.45) is 0 Å². The van der Waals surface area contributed by atoms with E-state index in [1.54, 1.807) is 0 Å². The highest BCUT2D eigenvalue weighted by atomic mass is 79.9. The van der Waals surface area contributed by atoms with Gasteiger partial charge in [-0.1, -0.05) is 34.1 Å². The fourth-order valence-electron chi connectivity index (χ4n) is 4.00. The number of fused-ring (bicyclic) bond motifs is 3. The molecule has 32 heavy (non-hydrogen) atoms.